The maximum absolute atomic E-state index is 3.46. The Labute approximate surface area is 157 Å². The Hall–Kier alpha value is -2.06. The summed E-state index contributed by atoms with van der Waals surface area (Å²) in [6, 6.07) is 17.7. The molecule has 2 nitrogen and oxygen atoms in total. The molecule has 26 heavy (non-hydrogen) atoms. The number of para-hydroxylation sites is 1. The van der Waals surface area contributed by atoms with E-state index in [1.807, 2.05) is 0 Å². The molecule has 1 N–H and O–H groups in total. The van der Waals surface area contributed by atoms with Crippen molar-refractivity contribution in [3.05, 3.63) is 71.4 Å². The molecule has 0 radical (unpaired) electrons. The van der Waals surface area contributed by atoms with Crippen LogP contribution in [0.25, 0.3) is 10.9 Å². The Kier molecular flexibility index (Phi) is 5.40. The molecule has 3 aromatic rings. The lowest BCUT2D eigenvalue weighted by Crippen LogP contribution is -2.33. The molecule has 2 aromatic carbocycles. The lowest BCUT2D eigenvalue weighted by atomic mass is 9.89. The number of H-pyrrole nitrogens is 1. The van der Waals surface area contributed by atoms with Crippen molar-refractivity contribution in [2.75, 3.05) is 19.6 Å². The van der Waals surface area contributed by atoms with Crippen LogP contribution < -0.4 is 0 Å². The van der Waals surface area contributed by atoms with Gasteiger partial charge < -0.3 is 9.88 Å². The fourth-order valence-electron chi connectivity index (χ4n) is 4.44. The normalized spacial score (nSPS) is 16.3. The summed E-state index contributed by atoms with van der Waals surface area (Å²) in [5.74, 6) is 0.766. The molecule has 0 amide bonds. The zero-order valence-electron chi connectivity index (χ0n) is 15.9. The van der Waals surface area contributed by atoms with Gasteiger partial charge in [-0.05, 0) is 81.3 Å². The summed E-state index contributed by atoms with van der Waals surface area (Å²) in [5, 5.41) is 1.41. The van der Waals surface area contributed by atoms with E-state index in [2.05, 4.69) is 71.5 Å². The Bertz CT molecular complexity index is 826. The van der Waals surface area contributed by atoms with Gasteiger partial charge in [0.25, 0.3) is 0 Å². The third-order valence-corrected chi connectivity index (χ3v) is 6.04. The monoisotopic (exact) mass is 346 g/mol. The van der Waals surface area contributed by atoms with Gasteiger partial charge in [0.2, 0.25) is 0 Å². The number of benzene rings is 2. The average molecular weight is 347 g/mol. The maximum atomic E-state index is 3.46. The molecular weight excluding hydrogens is 316 g/mol. The number of hydrogen-bond acceptors (Lipinski definition) is 1. The number of fused-ring (bicyclic) bond motifs is 1. The lowest BCUT2D eigenvalue weighted by Gasteiger charge is -2.32. The summed E-state index contributed by atoms with van der Waals surface area (Å²) in [5.41, 5.74) is 5.66. The van der Waals surface area contributed by atoms with Crippen molar-refractivity contribution in [2.24, 2.45) is 0 Å². The predicted molar refractivity (Wildman–Crippen MR) is 111 cm³/mol. The minimum absolute atomic E-state index is 0.766. The van der Waals surface area contributed by atoms with Gasteiger partial charge in [0, 0.05) is 17.1 Å². The largest absolute Gasteiger partial charge is 0.361 e. The van der Waals surface area contributed by atoms with Crippen LogP contribution in [0.1, 0.15) is 48.3 Å². The van der Waals surface area contributed by atoms with Crippen molar-refractivity contribution in [1.82, 2.24) is 9.88 Å². The van der Waals surface area contributed by atoms with Crippen LogP contribution in [-0.2, 0) is 6.42 Å². The number of unbranched alkanes of at least 4 members (excludes halogenated alkanes) is 1. The van der Waals surface area contributed by atoms with Gasteiger partial charge in [-0.15, -0.1) is 0 Å². The van der Waals surface area contributed by atoms with Crippen LogP contribution in [0.3, 0.4) is 0 Å². The Morgan fingerprint density at radius 2 is 1.77 bits per heavy atom. The van der Waals surface area contributed by atoms with Crippen molar-refractivity contribution < 1.29 is 0 Å². The number of aromatic nitrogens is 1. The molecule has 1 aliphatic rings. The second-order valence-electron chi connectivity index (χ2n) is 7.80. The number of rotatable bonds is 6. The molecule has 1 saturated heterocycles. The van der Waals surface area contributed by atoms with Crippen LogP contribution in [0, 0.1) is 6.92 Å². The molecule has 1 aliphatic heterocycles. The quantitative estimate of drug-likeness (QED) is 0.569. The molecule has 2 heteroatoms. The summed E-state index contributed by atoms with van der Waals surface area (Å²) in [6.45, 7) is 5.95. The van der Waals surface area contributed by atoms with E-state index in [4.69, 9.17) is 0 Å². The van der Waals surface area contributed by atoms with Gasteiger partial charge >= 0.3 is 0 Å². The van der Waals surface area contributed by atoms with Gasteiger partial charge in [-0.25, -0.2) is 0 Å². The van der Waals surface area contributed by atoms with Crippen molar-refractivity contribution in [2.45, 2.75) is 44.9 Å². The van der Waals surface area contributed by atoms with Gasteiger partial charge in [0.05, 0.1) is 0 Å². The van der Waals surface area contributed by atoms with Crippen molar-refractivity contribution in [1.29, 1.82) is 0 Å². The summed E-state index contributed by atoms with van der Waals surface area (Å²) in [6.07, 6.45) is 8.60. The van der Waals surface area contributed by atoms with Crippen LogP contribution in [0.2, 0.25) is 0 Å². The fourth-order valence-corrected chi connectivity index (χ4v) is 4.44. The second kappa shape index (κ2) is 8.09. The number of nitrogens with one attached hydrogen (secondary N) is 1. The first kappa shape index (κ1) is 17.4. The van der Waals surface area contributed by atoms with Gasteiger partial charge in [-0.3, -0.25) is 0 Å². The highest BCUT2D eigenvalue weighted by Gasteiger charge is 2.19. The van der Waals surface area contributed by atoms with E-state index in [-0.39, 0.29) is 0 Å². The number of likely N-dealkylation sites (tertiary alicyclic amines) is 1. The topological polar surface area (TPSA) is 19.0 Å². The van der Waals surface area contributed by atoms with Gasteiger partial charge in [0.15, 0.2) is 0 Å². The van der Waals surface area contributed by atoms with Crippen molar-refractivity contribution in [3.8, 4) is 0 Å². The Morgan fingerprint density at radius 1 is 0.962 bits per heavy atom. The van der Waals surface area contributed by atoms with E-state index in [0.29, 0.717) is 0 Å². The van der Waals surface area contributed by atoms with Gasteiger partial charge in [-0.1, -0.05) is 48.5 Å². The zero-order valence-corrected chi connectivity index (χ0v) is 15.9. The third kappa shape index (κ3) is 3.86. The predicted octanol–water partition coefficient (Wildman–Crippen LogP) is 5.68. The molecule has 0 saturated carbocycles. The minimum atomic E-state index is 0.766. The molecule has 0 aliphatic carbocycles. The Morgan fingerprint density at radius 3 is 2.58 bits per heavy atom. The molecule has 1 fully saturated rings. The number of hydrogen-bond donors (Lipinski definition) is 1. The van der Waals surface area contributed by atoms with Crippen molar-refractivity contribution >= 4 is 10.9 Å². The summed E-state index contributed by atoms with van der Waals surface area (Å²) in [7, 11) is 0. The average Bonchev–Trinajstić information content (AvgIpc) is 3.11. The summed E-state index contributed by atoms with van der Waals surface area (Å²) in [4.78, 5) is 6.12. The molecule has 0 spiro atoms. The second-order valence-corrected chi connectivity index (χ2v) is 7.80. The highest BCUT2D eigenvalue weighted by atomic mass is 15.1. The Balaban J connectivity index is 1.21. The van der Waals surface area contributed by atoms with E-state index in [1.165, 1.54) is 79.3 Å². The van der Waals surface area contributed by atoms with Crippen molar-refractivity contribution in [3.63, 3.8) is 0 Å². The molecular formula is C24H30N2. The summed E-state index contributed by atoms with van der Waals surface area (Å²) >= 11 is 0. The van der Waals surface area contributed by atoms with E-state index >= 15 is 0 Å². The molecule has 136 valence electrons. The zero-order chi connectivity index (χ0) is 17.8. The van der Waals surface area contributed by atoms with Gasteiger partial charge in [-0.2, -0.15) is 0 Å². The first-order valence-corrected chi connectivity index (χ1v) is 10.1. The first-order chi connectivity index (χ1) is 12.8. The SMILES string of the molecule is Cc1cccc2c(CCCCN3CCC(c4ccccc4)CC3)c[nH]c12. The molecule has 2 heterocycles. The lowest BCUT2D eigenvalue weighted by molar-refractivity contribution is 0.209. The molecule has 0 bridgehead atoms. The minimum Gasteiger partial charge on any atom is -0.361 e. The third-order valence-electron chi connectivity index (χ3n) is 6.04. The summed E-state index contributed by atoms with van der Waals surface area (Å²) < 4.78 is 0. The number of aryl methyl sites for hydroxylation is 2. The van der Waals surface area contributed by atoms with Crippen LogP contribution >= 0.6 is 0 Å². The highest BCUT2D eigenvalue weighted by Crippen LogP contribution is 2.28. The van der Waals surface area contributed by atoms with Crippen LogP contribution in [0.4, 0.5) is 0 Å². The van der Waals surface area contributed by atoms with E-state index in [9.17, 15) is 0 Å². The molecule has 0 unspecified atom stereocenters. The number of piperidine rings is 1. The number of aromatic amines is 1. The maximum Gasteiger partial charge on any atom is 0.0486 e. The molecule has 4 rings (SSSR count). The first-order valence-electron chi connectivity index (χ1n) is 10.1. The van der Waals surface area contributed by atoms with E-state index in [0.717, 1.165) is 5.92 Å². The molecule has 0 atom stereocenters. The number of nitrogens with zero attached hydrogens (tertiary/aromatic N) is 1. The van der Waals surface area contributed by atoms with Crippen LogP contribution in [-0.4, -0.2) is 29.5 Å². The van der Waals surface area contributed by atoms with E-state index in [1.54, 1.807) is 0 Å². The van der Waals surface area contributed by atoms with Gasteiger partial charge in [0.1, 0.15) is 0 Å². The van der Waals surface area contributed by atoms with E-state index < -0.39 is 0 Å². The smallest absolute Gasteiger partial charge is 0.0486 e. The fraction of sp³-hybridized carbons (Fsp3) is 0.417. The standard InChI is InChI=1S/C24H30N2/c1-19-8-7-12-23-22(18-25-24(19)23)11-5-6-15-26-16-13-21(14-17-26)20-9-3-2-4-10-20/h2-4,7-10,12,18,21,25H,5-6,11,13-17H2,1H3. The molecule has 1 aromatic heterocycles. The van der Waals surface area contributed by atoms with Crippen LogP contribution in [0.5, 0.6) is 0 Å². The van der Waals surface area contributed by atoms with Crippen LogP contribution in [0.15, 0.2) is 54.7 Å². The highest BCUT2D eigenvalue weighted by molar-refractivity contribution is 5.85.